The third-order valence-corrected chi connectivity index (χ3v) is 16.0. The minimum Gasteiger partial charge on any atom is -0.162 e. The smallest absolute Gasteiger partial charge is 0.0627 e. The largest absolute Gasteiger partial charge is 0.162 e. The van der Waals surface area contributed by atoms with Gasteiger partial charge < -0.3 is 0 Å². The van der Waals surface area contributed by atoms with Crippen LogP contribution >= 0.6 is 19.7 Å². The zero-order chi connectivity index (χ0) is 16.8. The summed E-state index contributed by atoms with van der Waals surface area (Å²) in [6, 6.07) is 22.5. The zero-order valence-electron chi connectivity index (χ0n) is 14.9. The lowest BCUT2D eigenvalue weighted by Gasteiger charge is -2.30. The molecule has 0 heterocycles. The maximum Gasteiger partial charge on any atom is 0.0627 e. The summed E-state index contributed by atoms with van der Waals surface area (Å²) in [6.45, 7) is 5.21. The minimum absolute atomic E-state index is 0.214. The summed E-state index contributed by atoms with van der Waals surface area (Å²) in [5, 5.41) is 5.47. The van der Waals surface area contributed by atoms with Crippen molar-refractivity contribution in [1.82, 2.24) is 0 Å². The van der Waals surface area contributed by atoms with Crippen LogP contribution in [-0.4, -0.2) is 24.5 Å². The number of rotatable bonds is 7. The SMILES string of the molecule is C[Si](C)(CSC1CCCC1)CP(c1ccccc1)c1ccccc1. The molecule has 0 aliphatic heterocycles. The van der Waals surface area contributed by atoms with Gasteiger partial charge in [0, 0.05) is 5.25 Å². The molecule has 0 aromatic heterocycles. The van der Waals surface area contributed by atoms with Gasteiger partial charge in [-0.1, -0.05) is 86.6 Å². The van der Waals surface area contributed by atoms with E-state index in [1.165, 1.54) is 36.8 Å². The Hall–Kier alpha value is -0.563. The Labute approximate surface area is 154 Å². The molecular formula is C21H29PSSi. The van der Waals surface area contributed by atoms with Crippen molar-refractivity contribution in [3.05, 3.63) is 60.7 Å². The van der Waals surface area contributed by atoms with Gasteiger partial charge in [-0.2, -0.15) is 11.8 Å². The quantitative estimate of drug-likeness (QED) is 0.451. The molecule has 0 unspecified atom stereocenters. The van der Waals surface area contributed by atoms with Crippen molar-refractivity contribution >= 4 is 38.4 Å². The summed E-state index contributed by atoms with van der Waals surface area (Å²) in [5.74, 6) is 1.41. The van der Waals surface area contributed by atoms with E-state index in [4.69, 9.17) is 0 Å². The monoisotopic (exact) mass is 372 g/mol. The maximum atomic E-state index is 2.61. The molecular weight excluding hydrogens is 343 g/mol. The summed E-state index contributed by atoms with van der Waals surface area (Å²) in [4.78, 5) is 0. The first-order chi connectivity index (χ1) is 11.6. The normalized spacial score (nSPS) is 16.0. The van der Waals surface area contributed by atoms with Crippen molar-refractivity contribution in [3.63, 3.8) is 0 Å². The summed E-state index contributed by atoms with van der Waals surface area (Å²) < 4.78 is 0. The molecule has 0 N–H and O–H groups in total. The van der Waals surface area contributed by atoms with E-state index in [1.807, 2.05) is 0 Å². The van der Waals surface area contributed by atoms with E-state index >= 15 is 0 Å². The first-order valence-corrected chi connectivity index (χ1v) is 15.1. The Morgan fingerprint density at radius 3 is 1.88 bits per heavy atom. The molecule has 0 spiro atoms. The van der Waals surface area contributed by atoms with E-state index in [2.05, 4.69) is 85.5 Å². The van der Waals surface area contributed by atoms with Crippen LogP contribution in [0.1, 0.15) is 25.7 Å². The van der Waals surface area contributed by atoms with Crippen molar-refractivity contribution in [1.29, 1.82) is 0 Å². The van der Waals surface area contributed by atoms with Crippen LogP contribution in [0.3, 0.4) is 0 Å². The first kappa shape index (κ1) is 18.2. The van der Waals surface area contributed by atoms with E-state index in [0.717, 1.165) is 5.25 Å². The van der Waals surface area contributed by atoms with Crippen molar-refractivity contribution in [2.75, 3.05) is 11.2 Å². The Bertz CT molecular complexity index is 569. The molecule has 3 heteroatoms. The highest BCUT2D eigenvalue weighted by atomic mass is 32.2. The number of hydrogen-bond donors (Lipinski definition) is 0. The second kappa shape index (κ2) is 8.69. The molecule has 0 radical (unpaired) electrons. The van der Waals surface area contributed by atoms with Crippen LogP contribution in [0.25, 0.3) is 0 Å². The van der Waals surface area contributed by atoms with Gasteiger partial charge in [-0.15, -0.1) is 0 Å². The second-order valence-corrected chi connectivity index (χ2v) is 17.3. The molecule has 24 heavy (non-hydrogen) atoms. The van der Waals surface area contributed by atoms with E-state index in [1.54, 1.807) is 10.6 Å². The van der Waals surface area contributed by atoms with E-state index in [0.29, 0.717) is 0 Å². The number of benzene rings is 2. The first-order valence-electron chi connectivity index (χ1n) is 9.13. The zero-order valence-corrected chi connectivity index (χ0v) is 17.7. The molecule has 0 bridgehead atoms. The predicted molar refractivity (Wildman–Crippen MR) is 116 cm³/mol. The second-order valence-electron chi connectivity index (χ2n) is 7.64. The lowest BCUT2D eigenvalue weighted by molar-refractivity contribution is 0.886. The van der Waals surface area contributed by atoms with Crippen LogP contribution in [0.2, 0.25) is 13.1 Å². The third kappa shape index (κ3) is 5.21. The summed E-state index contributed by atoms with van der Waals surface area (Å²) >= 11 is 2.30. The fourth-order valence-corrected chi connectivity index (χ4v) is 14.3. The van der Waals surface area contributed by atoms with Crippen LogP contribution in [0.15, 0.2) is 60.7 Å². The van der Waals surface area contributed by atoms with Gasteiger partial charge in [0.15, 0.2) is 0 Å². The van der Waals surface area contributed by atoms with Crippen molar-refractivity contribution in [2.45, 2.75) is 44.0 Å². The van der Waals surface area contributed by atoms with Crippen LogP contribution < -0.4 is 10.6 Å². The van der Waals surface area contributed by atoms with Crippen LogP contribution in [0.5, 0.6) is 0 Å². The van der Waals surface area contributed by atoms with Gasteiger partial charge >= 0.3 is 0 Å². The number of hydrogen-bond acceptors (Lipinski definition) is 1. The van der Waals surface area contributed by atoms with Gasteiger partial charge in [-0.05, 0) is 42.5 Å². The third-order valence-electron chi connectivity index (χ3n) is 4.73. The van der Waals surface area contributed by atoms with Crippen molar-refractivity contribution in [3.8, 4) is 0 Å². The lowest BCUT2D eigenvalue weighted by atomic mass is 10.4. The van der Waals surface area contributed by atoms with Crippen LogP contribution in [0, 0.1) is 0 Å². The molecule has 0 saturated heterocycles. The Morgan fingerprint density at radius 2 is 1.38 bits per heavy atom. The fourth-order valence-electron chi connectivity index (χ4n) is 3.42. The van der Waals surface area contributed by atoms with Gasteiger partial charge in [0.2, 0.25) is 0 Å². The molecule has 0 nitrogen and oxygen atoms in total. The molecule has 1 fully saturated rings. The highest BCUT2D eigenvalue weighted by Crippen LogP contribution is 2.39. The Balaban J connectivity index is 1.73. The van der Waals surface area contributed by atoms with E-state index in [-0.39, 0.29) is 7.92 Å². The summed E-state index contributed by atoms with van der Waals surface area (Å²) in [7, 11) is -1.42. The molecule has 1 aliphatic rings. The van der Waals surface area contributed by atoms with E-state index < -0.39 is 8.07 Å². The van der Waals surface area contributed by atoms with Gasteiger partial charge in [-0.3, -0.25) is 0 Å². The predicted octanol–water partition coefficient (Wildman–Crippen LogP) is 5.58. The average molecular weight is 373 g/mol. The standard InChI is InChI=1S/C21H29PSSi/c1-24(2,18-23-21-15-9-10-16-21)17-22(19-11-5-3-6-12-19)20-13-7-4-8-14-20/h3-8,11-14,21H,9-10,15-18H2,1-2H3. The highest BCUT2D eigenvalue weighted by molar-refractivity contribution is 8.01. The van der Waals surface area contributed by atoms with Gasteiger partial charge in [0.25, 0.3) is 0 Å². The summed E-state index contributed by atoms with van der Waals surface area (Å²) in [5.41, 5.74) is 0. The molecule has 0 atom stereocenters. The van der Waals surface area contributed by atoms with E-state index in [9.17, 15) is 0 Å². The Morgan fingerprint density at radius 1 is 0.875 bits per heavy atom. The van der Waals surface area contributed by atoms with Gasteiger partial charge in [0.05, 0.1) is 8.07 Å². The number of thioether (sulfide) groups is 1. The topological polar surface area (TPSA) is 0 Å². The van der Waals surface area contributed by atoms with Gasteiger partial charge in [0.1, 0.15) is 0 Å². The van der Waals surface area contributed by atoms with Crippen LogP contribution in [-0.2, 0) is 0 Å². The maximum absolute atomic E-state index is 2.61. The fraction of sp³-hybridized carbons (Fsp3) is 0.429. The molecule has 2 aromatic carbocycles. The van der Waals surface area contributed by atoms with Gasteiger partial charge in [-0.25, -0.2) is 0 Å². The van der Waals surface area contributed by atoms with Crippen molar-refractivity contribution in [2.24, 2.45) is 0 Å². The lowest BCUT2D eigenvalue weighted by Crippen LogP contribution is -2.38. The minimum atomic E-state index is -1.21. The molecule has 3 rings (SSSR count). The molecule has 1 saturated carbocycles. The molecule has 2 aromatic rings. The molecule has 1 aliphatic carbocycles. The molecule has 128 valence electrons. The average Bonchev–Trinajstić information content (AvgIpc) is 3.13. The van der Waals surface area contributed by atoms with Crippen molar-refractivity contribution < 1.29 is 0 Å². The molecule has 0 amide bonds. The Kier molecular flexibility index (Phi) is 6.61. The summed E-state index contributed by atoms with van der Waals surface area (Å²) in [6.07, 6.45) is 5.84. The van der Waals surface area contributed by atoms with Crippen LogP contribution in [0.4, 0.5) is 0 Å². The highest BCUT2D eigenvalue weighted by Gasteiger charge is 2.29.